The van der Waals surface area contributed by atoms with Crippen molar-refractivity contribution in [2.45, 2.75) is 26.5 Å². The summed E-state index contributed by atoms with van der Waals surface area (Å²) in [6.07, 6.45) is 3.14. The van der Waals surface area contributed by atoms with Gasteiger partial charge in [0.2, 0.25) is 5.76 Å². The number of furan rings is 1. The molecule has 0 saturated carbocycles. The number of esters is 2. The highest BCUT2D eigenvalue weighted by Gasteiger charge is 2.37. The van der Waals surface area contributed by atoms with Gasteiger partial charge >= 0.3 is 11.9 Å². The molecule has 1 fully saturated rings. The molecule has 3 aromatic rings. The number of thioether (sulfide) groups is 1. The second kappa shape index (κ2) is 9.60. The molecule has 10 heteroatoms. The first-order valence-corrected chi connectivity index (χ1v) is 11.3. The Kier molecular flexibility index (Phi) is 6.60. The van der Waals surface area contributed by atoms with Crippen LogP contribution in [0.4, 0.5) is 4.79 Å². The van der Waals surface area contributed by atoms with Crippen molar-refractivity contribution in [2.24, 2.45) is 0 Å². The van der Waals surface area contributed by atoms with Gasteiger partial charge < -0.3 is 18.5 Å². The van der Waals surface area contributed by atoms with Gasteiger partial charge in [-0.25, -0.2) is 4.79 Å². The number of nitrogens with zero attached hydrogens (tertiary/aromatic N) is 2. The summed E-state index contributed by atoms with van der Waals surface area (Å²) in [5, 5.41) is 0.347. The van der Waals surface area contributed by atoms with E-state index < -0.39 is 29.6 Å². The smallest absolute Gasteiger partial charge is 0.373 e. The molecule has 34 heavy (non-hydrogen) atoms. The van der Waals surface area contributed by atoms with E-state index in [1.807, 2.05) is 35.0 Å². The Bertz CT molecular complexity index is 1320. The predicted octanol–water partition coefficient (Wildman–Crippen LogP) is 4.06. The number of fused-ring (bicyclic) bond motifs is 1. The Morgan fingerprint density at radius 1 is 1.15 bits per heavy atom. The van der Waals surface area contributed by atoms with Gasteiger partial charge in [0.25, 0.3) is 11.1 Å². The molecule has 0 N–H and O–H groups in total. The van der Waals surface area contributed by atoms with Gasteiger partial charge in [-0.15, -0.1) is 0 Å². The molecule has 0 radical (unpaired) electrons. The number of aromatic nitrogens is 1. The SMILES string of the molecule is COC(=O)c1ccc(Cn2cc(/C=C3/SC(=O)N(CC(=O)OC(C)C)C3=O)c3ccccc32)o1. The van der Waals surface area contributed by atoms with Crippen molar-refractivity contribution in [1.29, 1.82) is 0 Å². The number of hydrogen-bond donors (Lipinski definition) is 0. The highest BCUT2D eigenvalue weighted by molar-refractivity contribution is 8.18. The lowest BCUT2D eigenvalue weighted by atomic mass is 10.1. The van der Waals surface area contributed by atoms with Gasteiger partial charge in [-0.1, -0.05) is 18.2 Å². The number of imide groups is 1. The lowest BCUT2D eigenvalue weighted by Gasteiger charge is -2.13. The average molecular weight is 483 g/mol. The molecule has 0 spiro atoms. The number of carbonyl (C=O) groups excluding carboxylic acids is 4. The number of methoxy groups -OCH3 is 1. The average Bonchev–Trinajstić information content (AvgIpc) is 3.47. The third-order valence-corrected chi connectivity index (χ3v) is 5.92. The Morgan fingerprint density at radius 2 is 1.91 bits per heavy atom. The minimum atomic E-state index is -0.639. The summed E-state index contributed by atoms with van der Waals surface area (Å²) in [5.74, 6) is -1.07. The maximum absolute atomic E-state index is 12.8. The summed E-state index contributed by atoms with van der Waals surface area (Å²) >= 11 is 0.780. The van der Waals surface area contributed by atoms with Gasteiger partial charge in [0.05, 0.1) is 24.7 Å². The second-order valence-corrected chi connectivity index (χ2v) is 8.79. The monoisotopic (exact) mass is 482 g/mol. The summed E-state index contributed by atoms with van der Waals surface area (Å²) in [7, 11) is 1.28. The van der Waals surface area contributed by atoms with Gasteiger partial charge in [-0.2, -0.15) is 0 Å². The van der Waals surface area contributed by atoms with Crippen molar-refractivity contribution in [3.05, 3.63) is 64.6 Å². The number of carbonyl (C=O) groups is 4. The lowest BCUT2D eigenvalue weighted by molar-refractivity contribution is -0.149. The number of hydrogen-bond acceptors (Lipinski definition) is 8. The molecule has 9 nitrogen and oxygen atoms in total. The molecule has 4 rings (SSSR count). The Balaban J connectivity index is 1.61. The molecule has 2 amide bonds. The number of ether oxygens (including phenoxy) is 2. The summed E-state index contributed by atoms with van der Waals surface area (Å²) in [6.45, 7) is 3.30. The normalized spacial score (nSPS) is 15.1. The van der Waals surface area contributed by atoms with E-state index in [1.165, 1.54) is 7.11 Å². The molecule has 0 bridgehead atoms. The van der Waals surface area contributed by atoms with Crippen LogP contribution in [0.15, 0.2) is 51.9 Å². The number of benzene rings is 1. The van der Waals surface area contributed by atoms with Gasteiger partial charge in [-0.05, 0) is 49.9 Å². The van der Waals surface area contributed by atoms with Crippen LogP contribution in [0.1, 0.15) is 35.7 Å². The molecule has 2 aromatic heterocycles. The summed E-state index contributed by atoms with van der Waals surface area (Å²) < 4.78 is 17.2. The van der Waals surface area contributed by atoms with E-state index in [-0.39, 0.29) is 16.8 Å². The van der Waals surface area contributed by atoms with Crippen molar-refractivity contribution < 1.29 is 33.1 Å². The van der Waals surface area contributed by atoms with Gasteiger partial charge in [0.15, 0.2) is 0 Å². The molecule has 0 unspecified atom stereocenters. The molecular formula is C24H22N2O7S. The number of rotatable bonds is 7. The van der Waals surface area contributed by atoms with Crippen LogP contribution in [0.3, 0.4) is 0 Å². The van der Waals surface area contributed by atoms with E-state index in [0.29, 0.717) is 12.3 Å². The summed E-state index contributed by atoms with van der Waals surface area (Å²) in [4.78, 5) is 49.9. The van der Waals surface area contributed by atoms with Gasteiger partial charge in [-0.3, -0.25) is 19.3 Å². The fraction of sp³-hybridized carbons (Fsp3) is 0.250. The van der Waals surface area contributed by atoms with E-state index in [1.54, 1.807) is 32.1 Å². The van der Waals surface area contributed by atoms with Crippen LogP contribution in [0, 0.1) is 0 Å². The van der Waals surface area contributed by atoms with Crippen LogP contribution in [-0.2, 0) is 25.6 Å². The Labute approximate surface area is 199 Å². The maximum Gasteiger partial charge on any atom is 0.373 e. The maximum atomic E-state index is 12.8. The molecule has 176 valence electrons. The number of amides is 2. The topological polar surface area (TPSA) is 108 Å². The van der Waals surface area contributed by atoms with E-state index in [0.717, 1.165) is 33.1 Å². The van der Waals surface area contributed by atoms with Crippen molar-refractivity contribution in [3.63, 3.8) is 0 Å². The highest BCUT2D eigenvalue weighted by Crippen LogP contribution is 2.34. The lowest BCUT2D eigenvalue weighted by Crippen LogP contribution is -2.35. The molecule has 1 aliphatic rings. The van der Waals surface area contributed by atoms with Crippen molar-refractivity contribution >= 4 is 51.8 Å². The molecular weight excluding hydrogens is 460 g/mol. The van der Waals surface area contributed by atoms with Crippen LogP contribution in [0.2, 0.25) is 0 Å². The fourth-order valence-electron chi connectivity index (χ4n) is 3.57. The quantitative estimate of drug-likeness (QED) is 0.367. The van der Waals surface area contributed by atoms with Crippen molar-refractivity contribution in [1.82, 2.24) is 9.47 Å². The van der Waals surface area contributed by atoms with E-state index >= 15 is 0 Å². The Hall–Kier alpha value is -3.79. The standard InChI is InChI=1S/C24H22N2O7S/c1-14(2)32-21(27)13-26-22(28)20(34-24(26)30)10-15-11-25(18-7-5-4-6-17(15)18)12-16-8-9-19(33-16)23(29)31-3/h4-11,14H,12-13H2,1-3H3/b20-10+. The zero-order valence-electron chi connectivity index (χ0n) is 18.8. The fourth-order valence-corrected chi connectivity index (χ4v) is 4.40. The molecule has 0 atom stereocenters. The van der Waals surface area contributed by atoms with E-state index in [2.05, 4.69) is 4.74 Å². The highest BCUT2D eigenvalue weighted by atomic mass is 32.2. The van der Waals surface area contributed by atoms with Crippen LogP contribution >= 0.6 is 11.8 Å². The minimum absolute atomic E-state index is 0.110. The third kappa shape index (κ3) is 4.76. The largest absolute Gasteiger partial charge is 0.463 e. The molecule has 1 aromatic carbocycles. The third-order valence-electron chi connectivity index (χ3n) is 5.01. The van der Waals surface area contributed by atoms with Crippen LogP contribution in [0.5, 0.6) is 0 Å². The van der Waals surface area contributed by atoms with Crippen LogP contribution in [0.25, 0.3) is 17.0 Å². The minimum Gasteiger partial charge on any atom is -0.463 e. The molecule has 1 saturated heterocycles. The van der Waals surface area contributed by atoms with Crippen LogP contribution in [-0.4, -0.2) is 52.3 Å². The van der Waals surface area contributed by atoms with Crippen molar-refractivity contribution in [2.75, 3.05) is 13.7 Å². The molecule has 3 heterocycles. The first kappa shape index (κ1) is 23.4. The summed E-state index contributed by atoms with van der Waals surface area (Å²) in [6, 6.07) is 10.8. The zero-order valence-corrected chi connectivity index (χ0v) is 19.6. The second-order valence-electron chi connectivity index (χ2n) is 7.79. The van der Waals surface area contributed by atoms with E-state index in [9.17, 15) is 19.2 Å². The Morgan fingerprint density at radius 3 is 2.65 bits per heavy atom. The summed E-state index contributed by atoms with van der Waals surface area (Å²) in [5.41, 5.74) is 1.61. The van der Waals surface area contributed by atoms with E-state index in [4.69, 9.17) is 9.15 Å². The molecule has 1 aliphatic heterocycles. The van der Waals surface area contributed by atoms with Gasteiger partial charge in [0, 0.05) is 22.7 Å². The zero-order chi connectivity index (χ0) is 24.4. The van der Waals surface area contributed by atoms with Crippen LogP contribution < -0.4 is 0 Å². The number of para-hydroxylation sites is 1. The van der Waals surface area contributed by atoms with Crippen molar-refractivity contribution in [3.8, 4) is 0 Å². The first-order valence-electron chi connectivity index (χ1n) is 10.5. The molecule has 0 aliphatic carbocycles. The first-order chi connectivity index (χ1) is 16.3. The predicted molar refractivity (Wildman–Crippen MR) is 125 cm³/mol. The van der Waals surface area contributed by atoms with Gasteiger partial charge in [0.1, 0.15) is 12.3 Å².